The molecule has 0 saturated heterocycles. The maximum atomic E-state index is 12.6. The van der Waals surface area contributed by atoms with Gasteiger partial charge in [0.15, 0.2) is 0 Å². The van der Waals surface area contributed by atoms with Crippen molar-refractivity contribution in [3.8, 4) is 0 Å². The SMILES string of the molecule is CC/C=C\C/C=C\C/C=C\C/C=C\C/C=C\C/C=C\CCC(=O)OC(CCCCCC)CCCCCCCCCCCCCCC(=O)O. The van der Waals surface area contributed by atoms with Gasteiger partial charge < -0.3 is 9.84 Å². The smallest absolute Gasteiger partial charge is 0.306 e. The lowest BCUT2D eigenvalue weighted by molar-refractivity contribution is -0.149. The van der Waals surface area contributed by atoms with Gasteiger partial charge in [-0.05, 0) is 77.0 Å². The van der Waals surface area contributed by atoms with Crippen LogP contribution < -0.4 is 0 Å². The average Bonchev–Trinajstić information content (AvgIpc) is 3.07. The summed E-state index contributed by atoms with van der Waals surface area (Å²) < 4.78 is 5.95. The highest BCUT2D eigenvalue weighted by molar-refractivity contribution is 5.69. The van der Waals surface area contributed by atoms with Gasteiger partial charge in [-0.25, -0.2) is 0 Å². The number of hydrogen-bond acceptors (Lipinski definition) is 3. The summed E-state index contributed by atoms with van der Waals surface area (Å²) in [5, 5.41) is 8.69. The summed E-state index contributed by atoms with van der Waals surface area (Å²) in [7, 11) is 0. The quantitative estimate of drug-likeness (QED) is 0.0415. The number of aliphatic carboxylic acids is 1. The molecule has 0 spiro atoms. The molecule has 0 saturated carbocycles. The van der Waals surface area contributed by atoms with E-state index in [1.165, 1.54) is 77.0 Å². The number of esters is 1. The molecule has 1 unspecified atom stereocenters. The molecule has 1 N–H and O–H groups in total. The molecule has 0 aromatic heterocycles. The summed E-state index contributed by atoms with van der Waals surface area (Å²) in [5.41, 5.74) is 0. The van der Waals surface area contributed by atoms with E-state index in [0.717, 1.165) is 83.5 Å². The van der Waals surface area contributed by atoms with Gasteiger partial charge in [0.2, 0.25) is 0 Å². The fraction of sp³-hybridized carbons (Fsp3) is 0.682. The fourth-order valence-electron chi connectivity index (χ4n) is 5.56. The third-order valence-corrected chi connectivity index (χ3v) is 8.46. The Morgan fingerprint density at radius 3 is 1.27 bits per heavy atom. The molecule has 0 bridgehead atoms. The molecule has 0 aliphatic heterocycles. The molecule has 4 nitrogen and oxygen atoms in total. The molecule has 0 aromatic rings. The minimum Gasteiger partial charge on any atom is -0.481 e. The number of rotatable bonds is 35. The van der Waals surface area contributed by atoms with Gasteiger partial charge in [-0.1, -0.05) is 170 Å². The summed E-state index contributed by atoms with van der Waals surface area (Å²) in [6, 6.07) is 0. The molecule has 0 aliphatic rings. The molecule has 0 aromatic carbocycles. The van der Waals surface area contributed by atoms with Crippen LogP contribution in [0.5, 0.6) is 0 Å². The lowest BCUT2D eigenvalue weighted by atomic mass is 10.0. The Balaban J connectivity index is 3.98. The minimum absolute atomic E-state index is 0.0445. The zero-order valence-corrected chi connectivity index (χ0v) is 31.3. The van der Waals surface area contributed by atoms with E-state index in [-0.39, 0.29) is 12.1 Å². The molecule has 1 atom stereocenters. The van der Waals surface area contributed by atoms with E-state index in [4.69, 9.17) is 9.84 Å². The van der Waals surface area contributed by atoms with Crippen molar-refractivity contribution in [1.82, 2.24) is 0 Å². The monoisotopic (exact) mass is 667 g/mol. The molecule has 4 heteroatoms. The van der Waals surface area contributed by atoms with Crippen molar-refractivity contribution in [2.75, 3.05) is 0 Å². The molecule has 0 radical (unpaired) electrons. The van der Waals surface area contributed by atoms with Gasteiger partial charge in [0.25, 0.3) is 0 Å². The number of unbranched alkanes of at least 4 members (excludes halogenated alkanes) is 14. The van der Waals surface area contributed by atoms with Crippen LogP contribution in [0.15, 0.2) is 72.9 Å². The van der Waals surface area contributed by atoms with Gasteiger partial charge in [0.1, 0.15) is 6.10 Å². The largest absolute Gasteiger partial charge is 0.481 e. The van der Waals surface area contributed by atoms with Crippen molar-refractivity contribution in [1.29, 1.82) is 0 Å². The van der Waals surface area contributed by atoms with E-state index in [1.54, 1.807) is 0 Å². The van der Waals surface area contributed by atoms with Gasteiger partial charge in [0, 0.05) is 12.8 Å². The zero-order chi connectivity index (χ0) is 35.0. The van der Waals surface area contributed by atoms with Crippen molar-refractivity contribution >= 4 is 11.9 Å². The standard InChI is InChI=1S/C44H74O4/c1-3-5-7-9-10-11-12-13-14-15-16-17-18-19-24-27-30-33-37-41-44(47)48-42(38-34-8-6-4-2)39-35-31-28-25-22-20-21-23-26-29-32-36-40-43(45)46/h5,7,10-11,13-14,16-17,19,24,30,33,42H,3-4,6,8-9,12,15,18,20-23,25-29,31-32,34-41H2,1-2H3,(H,45,46)/b7-5-,11-10-,14-13-,17-16-,24-19-,33-30-. The van der Waals surface area contributed by atoms with Crippen LogP contribution in [0.2, 0.25) is 0 Å². The maximum absolute atomic E-state index is 12.6. The van der Waals surface area contributed by atoms with Crippen molar-refractivity contribution in [3.63, 3.8) is 0 Å². The van der Waals surface area contributed by atoms with Crippen LogP contribution in [-0.2, 0) is 14.3 Å². The van der Waals surface area contributed by atoms with Crippen molar-refractivity contribution in [2.24, 2.45) is 0 Å². The predicted octanol–water partition coefficient (Wildman–Crippen LogP) is 13.9. The molecule has 0 rings (SSSR count). The summed E-state index contributed by atoms with van der Waals surface area (Å²) >= 11 is 0. The minimum atomic E-state index is -0.675. The highest BCUT2D eigenvalue weighted by Crippen LogP contribution is 2.18. The lowest BCUT2D eigenvalue weighted by Gasteiger charge is -2.18. The van der Waals surface area contributed by atoms with E-state index in [2.05, 4.69) is 86.8 Å². The second-order valence-electron chi connectivity index (χ2n) is 13.1. The van der Waals surface area contributed by atoms with Gasteiger partial charge in [-0.3, -0.25) is 9.59 Å². The summed E-state index contributed by atoms with van der Waals surface area (Å²) in [6.07, 6.45) is 55.2. The molecule has 0 fully saturated rings. The van der Waals surface area contributed by atoms with Crippen molar-refractivity contribution in [3.05, 3.63) is 72.9 Å². The van der Waals surface area contributed by atoms with Crippen LogP contribution in [0, 0.1) is 0 Å². The van der Waals surface area contributed by atoms with Crippen LogP contribution in [0.1, 0.15) is 187 Å². The molecular formula is C44H74O4. The summed E-state index contributed by atoms with van der Waals surface area (Å²) in [4.78, 5) is 23.1. The normalized spacial score (nSPS) is 13.0. The number of carbonyl (C=O) groups excluding carboxylic acids is 1. The van der Waals surface area contributed by atoms with Gasteiger partial charge in [0.05, 0.1) is 0 Å². The predicted molar refractivity (Wildman–Crippen MR) is 208 cm³/mol. The van der Waals surface area contributed by atoms with Crippen LogP contribution in [0.3, 0.4) is 0 Å². The van der Waals surface area contributed by atoms with Gasteiger partial charge in [-0.2, -0.15) is 0 Å². The summed E-state index contributed by atoms with van der Waals surface area (Å²) in [6.45, 7) is 4.39. The topological polar surface area (TPSA) is 63.6 Å². The van der Waals surface area contributed by atoms with E-state index in [0.29, 0.717) is 12.8 Å². The Morgan fingerprint density at radius 2 is 0.854 bits per heavy atom. The maximum Gasteiger partial charge on any atom is 0.306 e. The second kappa shape index (κ2) is 38.8. The Bertz CT molecular complexity index is 892. The first kappa shape index (κ1) is 45.4. The third-order valence-electron chi connectivity index (χ3n) is 8.46. The molecule has 0 aliphatic carbocycles. The van der Waals surface area contributed by atoms with Crippen LogP contribution in [0.25, 0.3) is 0 Å². The zero-order valence-electron chi connectivity index (χ0n) is 31.3. The number of allylic oxidation sites excluding steroid dienone is 12. The highest BCUT2D eigenvalue weighted by atomic mass is 16.5. The first-order valence-electron chi connectivity index (χ1n) is 19.9. The lowest BCUT2D eigenvalue weighted by Crippen LogP contribution is -2.18. The Morgan fingerprint density at radius 1 is 0.479 bits per heavy atom. The molecule has 274 valence electrons. The molecule has 48 heavy (non-hydrogen) atoms. The van der Waals surface area contributed by atoms with E-state index in [1.807, 2.05) is 0 Å². The van der Waals surface area contributed by atoms with Gasteiger partial charge in [-0.15, -0.1) is 0 Å². The van der Waals surface area contributed by atoms with Crippen LogP contribution in [0.4, 0.5) is 0 Å². The number of carbonyl (C=O) groups is 2. The van der Waals surface area contributed by atoms with Crippen molar-refractivity contribution < 1.29 is 19.4 Å². The Kier molecular flexibility index (Phi) is 36.7. The third kappa shape index (κ3) is 37.8. The summed E-state index contributed by atoms with van der Waals surface area (Å²) in [5.74, 6) is -0.719. The van der Waals surface area contributed by atoms with Gasteiger partial charge >= 0.3 is 11.9 Å². The molecule has 0 amide bonds. The average molecular weight is 667 g/mol. The first-order chi connectivity index (χ1) is 23.6. The van der Waals surface area contributed by atoms with E-state index >= 15 is 0 Å². The van der Waals surface area contributed by atoms with Crippen molar-refractivity contribution in [2.45, 2.75) is 193 Å². The molecular weight excluding hydrogens is 592 g/mol. The van der Waals surface area contributed by atoms with Crippen LogP contribution >= 0.6 is 0 Å². The highest BCUT2D eigenvalue weighted by Gasteiger charge is 2.13. The Labute approximate surface area is 297 Å². The Hall–Kier alpha value is -2.62. The first-order valence-corrected chi connectivity index (χ1v) is 19.9. The number of ether oxygens (including phenoxy) is 1. The number of hydrogen-bond donors (Lipinski definition) is 1. The molecule has 0 heterocycles. The second-order valence-corrected chi connectivity index (χ2v) is 13.1. The fourth-order valence-corrected chi connectivity index (χ4v) is 5.56. The van der Waals surface area contributed by atoms with E-state index < -0.39 is 5.97 Å². The number of carboxylic acid groups (broad SMARTS) is 1. The van der Waals surface area contributed by atoms with E-state index in [9.17, 15) is 9.59 Å². The van der Waals surface area contributed by atoms with Crippen LogP contribution in [-0.4, -0.2) is 23.1 Å². The number of carboxylic acids is 1.